The van der Waals surface area contributed by atoms with Crippen molar-refractivity contribution in [2.75, 3.05) is 38.1 Å². The van der Waals surface area contributed by atoms with Crippen LogP contribution in [-0.4, -0.2) is 81.0 Å². The van der Waals surface area contributed by atoms with Gasteiger partial charge in [0.25, 0.3) is 10.0 Å². The third-order valence-corrected chi connectivity index (χ3v) is 11.7. The summed E-state index contributed by atoms with van der Waals surface area (Å²) in [7, 11) is -6.42. The van der Waals surface area contributed by atoms with Crippen molar-refractivity contribution in [3.05, 3.63) is 71.9 Å². The summed E-state index contributed by atoms with van der Waals surface area (Å²) in [5.41, 5.74) is -2.95. The van der Waals surface area contributed by atoms with Crippen LogP contribution in [0.2, 0.25) is 0 Å². The highest BCUT2D eigenvalue weighted by atomic mass is 32.2. The second-order valence-corrected chi connectivity index (χ2v) is 14.4. The van der Waals surface area contributed by atoms with E-state index in [0.717, 1.165) is 27.8 Å². The minimum absolute atomic E-state index is 0.0309. The van der Waals surface area contributed by atoms with Gasteiger partial charge in [-0.15, -0.1) is 11.3 Å². The molecule has 0 saturated carbocycles. The smallest absolute Gasteiger partial charge is 0.376 e. The molecule has 3 heterocycles. The molecule has 1 aromatic carbocycles. The monoisotopic (exact) mass is 604 g/mol. The number of hydrogen-bond donors (Lipinski definition) is 1. The largest absolute Gasteiger partial charge is 0.421 e. The minimum Gasteiger partial charge on any atom is -0.376 e. The van der Waals surface area contributed by atoms with Crippen molar-refractivity contribution in [3.8, 4) is 0 Å². The second-order valence-electron chi connectivity index (χ2n) is 9.23. The summed E-state index contributed by atoms with van der Waals surface area (Å²) in [6.45, 7) is 0.727. The van der Waals surface area contributed by atoms with Gasteiger partial charge in [0, 0.05) is 51.3 Å². The molecular formula is C24H27F3N4O5S3. The summed E-state index contributed by atoms with van der Waals surface area (Å²) in [6, 6.07) is 10.4. The molecule has 0 bridgehead atoms. The van der Waals surface area contributed by atoms with Crippen LogP contribution in [0.1, 0.15) is 12.5 Å². The Hall–Kier alpha value is -2.56. The molecule has 0 spiro atoms. The van der Waals surface area contributed by atoms with Gasteiger partial charge >= 0.3 is 6.18 Å². The Morgan fingerprint density at radius 2 is 1.77 bits per heavy atom. The minimum atomic E-state index is -4.89. The van der Waals surface area contributed by atoms with Gasteiger partial charge in [0.2, 0.25) is 10.0 Å². The molecule has 0 aliphatic carbocycles. The number of nitrogens with zero attached hydrogens (tertiary/aromatic N) is 4. The molecule has 15 heteroatoms. The zero-order valence-electron chi connectivity index (χ0n) is 21.0. The van der Waals surface area contributed by atoms with E-state index in [0.29, 0.717) is 12.6 Å². The van der Waals surface area contributed by atoms with Crippen molar-refractivity contribution in [1.82, 2.24) is 13.6 Å². The van der Waals surface area contributed by atoms with Gasteiger partial charge in [0.15, 0.2) is 5.60 Å². The van der Waals surface area contributed by atoms with E-state index in [4.69, 9.17) is 0 Å². The number of aliphatic hydroxyl groups is 1. The summed E-state index contributed by atoms with van der Waals surface area (Å²) in [4.78, 5) is 5.59. The van der Waals surface area contributed by atoms with E-state index in [1.54, 1.807) is 16.3 Å². The summed E-state index contributed by atoms with van der Waals surface area (Å²) in [6.07, 6.45) is -2.24. The molecule has 1 N–H and O–H groups in total. The molecule has 2 aromatic heterocycles. The van der Waals surface area contributed by atoms with Crippen LogP contribution in [0.5, 0.6) is 0 Å². The molecule has 0 amide bonds. The van der Waals surface area contributed by atoms with E-state index in [9.17, 15) is 35.1 Å². The Morgan fingerprint density at radius 3 is 2.33 bits per heavy atom. The van der Waals surface area contributed by atoms with Gasteiger partial charge in [-0.3, -0.25) is 4.98 Å². The number of sulfonamides is 2. The van der Waals surface area contributed by atoms with Gasteiger partial charge in [0.05, 0.1) is 6.04 Å². The number of halogens is 3. The first-order valence-electron chi connectivity index (χ1n) is 11.7. The Morgan fingerprint density at radius 1 is 1.08 bits per heavy atom. The van der Waals surface area contributed by atoms with Crippen molar-refractivity contribution in [1.29, 1.82) is 0 Å². The van der Waals surface area contributed by atoms with Crippen molar-refractivity contribution in [3.63, 3.8) is 0 Å². The second kappa shape index (κ2) is 10.8. The van der Waals surface area contributed by atoms with Crippen molar-refractivity contribution >= 4 is 37.1 Å². The number of pyridine rings is 1. The van der Waals surface area contributed by atoms with Crippen molar-refractivity contribution in [2.45, 2.75) is 33.8 Å². The average Bonchev–Trinajstić information content (AvgIpc) is 3.45. The standard InChI is InChI=1S/C24H27F3N4O5S3/c1-23(32,24(25,26)27)18-7-9-19(10-8-18)31-13-12-30(39(35,36)22-6-4-14-37-22)17-20(31)16-29(2)38(33,34)21-5-3-11-28-15-21/h3-11,14-15,20,32H,12-13,16-17H2,1-2H3/t20-,23?/m0/s1. The third kappa shape index (κ3) is 5.83. The number of thiophene rings is 1. The quantitative estimate of drug-likeness (QED) is 0.421. The first kappa shape index (κ1) is 29.4. The number of aromatic nitrogens is 1. The number of anilines is 1. The molecule has 0 radical (unpaired) electrons. The zero-order valence-corrected chi connectivity index (χ0v) is 23.4. The summed E-state index contributed by atoms with van der Waals surface area (Å²) in [5, 5.41) is 11.7. The van der Waals surface area contributed by atoms with Gasteiger partial charge in [-0.05, 0) is 48.2 Å². The molecule has 1 fully saturated rings. The van der Waals surface area contributed by atoms with E-state index >= 15 is 0 Å². The van der Waals surface area contributed by atoms with Gasteiger partial charge < -0.3 is 10.0 Å². The number of alkyl halides is 3. The molecule has 3 aromatic rings. The third-order valence-electron chi connectivity index (χ3n) is 6.66. The van der Waals surface area contributed by atoms with E-state index in [1.165, 1.54) is 54.1 Å². The lowest BCUT2D eigenvalue weighted by Gasteiger charge is -2.43. The van der Waals surface area contributed by atoms with E-state index in [2.05, 4.69) is 4.98 Å². The molecule has 39 heavy (non-hydrogen) atoms. The number of hydrogen-bond acceptors (Lipinski definition) is 8. The van der Waals surface area contributed by atoms with Crippen LogP contribution in [0, 0.1) is 0 Å². The topological polar surface area (TPSA) is 111 Å². The molecule has 1 unspecified atom stereocenters. The maximum atomic E-state index is 13.3. The Bertz CT molecular complexity index is 1480. The molecule has 212 valence electrons. The predicted octanol–water partition coefficient (Wildman–Crippen LogP) is 3.11. The summed E-state index contributed by atoms with van der Waals surface area (Å²) >= 11 is 1.07. The maximum absolute atomic E-state index is 13.3. The Kier molecular flexibility index (Phi) is 8.13. The van der Waals surface area contributed by atoms with Gasteiger partial charge in [-0.1, -0.05) is 18.2 Å². The first-order chi connectivity index (χ1) is 18.2. The van der Waals surface area contributed by atoms with Crippen LogP contribution in [0.3, 0.4) is 0 Å². The molecule has 9 nitrogen and oxygen atoms in total. The molecular weight excluding hydrogens is 577 g/mol. The Balaban J connectivity index is 1.65. The van der Waals surface area contributed by atoms with Crippen molar-refractivity contribution < 1.29 is 35.1 Å². The summed E-state index contributed by atoms with van der Waals surface area (Å²) in [5.74, 6) is 0. The highest BCUT2D eigenvalue weighted by molar-refractivity contribution is 7.91. The normalized spacial score (nSPS) is 19.3. The first-order valence-corrected chi connectivity index (χ1v) is 15.5. The SMILES string of the molecule is CN(C[C@H]1CN(S(=O)(=O)c2cccs2)CCN1c1ccc(C(C)(O)C(F)(F)F)cc1)S(=O)(=O)c1cccnc1. The lowest BCUT2D eigenvalue weighted by atomic mass is 9.95. The predicted molar refractivity (Wildman–Crippen MR) is 140 cm³/mol. The fourth-order valence-corrected chi connectivity index (χ4v) is 8.08. The van der Waals surface area contributed by atoms with Crippen LogP contribution in [0.4, 0.5) is 18.9 Å². The number of benzene rings is 1. The van der Waals surface area contributed by atoms with Crippen LogP contribution in [-0.2, 0) is 25.6 Å². The highest BCUT2D eigenvalue weighted by Gasteiger charge is 2.51. The highest BCUT2D eigenvalue weighted by Crippen LogP contribution is 2.39. The van der Waals surface area contributed by atoms with E-state index in [-0.39, 0.29) is 40.8 Å². The van der Waals surface area contributed by atoms with Gasteiger partial charge in [-0.2, -0.15) is 21.8 Å². The van der Waals surface area contributed by atoms with Gasteiger partial charge in [-0.25, -0.2) is 16.8 Å². The molecule has 1 aliphatic rings. The average molecular weight is 605 g/mol. The number of piperazine rings is 1. The van der Waals surface area contributed by atoms with E-state index in [1.807, 2.05) is 0 Å². The fraction of sp³-hybridized carbons (Fsp3) is 0.375. The lowest BCUT2D eigenvalue weighted by molar-refractivity contribution is -0.258. The van der Waals surface area contributed by atoms with E-state index < -0.39 is 37.9 Å². The zero-order chi connectivity index (χ0) is 28.6. The molecule has 1 saturated heterocycles. The van der Waals surface area contributed by atoms with Crippen LogP contribution >= 0.6 is 11.3 Å². The maximum Gasteiger partial charge on any atom is 0.421 e. The van der Waals surface area contributed by atoms with Crippen LogP contribution < -0.4 is 4.90 Å². The van der Waals surface area contributed by atoms with Crippen LogP contribution in [0.15, 0.2) is 75.4 Å². The summed E-state index contributed by atoms with van der Waals surface area (Å²) < 4.78 is 95.3. The van der Waals surface area contributed by atoms with Crippen molar-refractivity contribution in [2.24, 2.45) is 0 Å². The number of rotatable bonds is 8. The Labute approximate surface area is 229 Å². The van der Waals surface area contributed by atoms with Gasteiger partial charge in [0.1, 0.15) is 9.10 Å². The molecule has 4 rings (SSSR count). The molecule has 2 atom stereocenters. The van der Waals surface area contributed by atoms with Crippen LogP contribution in [0.25, 0.3) is 0 Å². The fourth-order valence-electron chi connectivity index (χ4n) is 4.29. The molecule has 1 aliphatic heterocycles. The lowest BCUT2D eigenvalue weighted by Crippen LogP contribution is -2.58. The number of likely N-dealkylation sites (N-methyl/N-ethyl adjacent to an activating group) is 1.